The Balaban J connectivity index is 1.35. The molecule has 0 unspecified atom stereocenters. The van der Waals surface area contributed by atoms with Crippen LogP contribution < -0.4 is 10.5 Å². The molecule has 1 amide bonds. The molecular formula is C21H27F2N5O3. The average molecular weight is 435 g/mol. The van der Waals surface area contributed by atoms with Gasteiger partial charge in [0.15, 0.2) is 0 Å². The van der Waals surface area contributed by atoms with Gasteiger partial charge in [0, 0.05) is 58.1 Å². The molecule has 4 rings (SSSR count). The van der Waals surface area contributed by atoms with Crippen LogP contribution in [0.15, 0.2) is 29.3 Å². The Bertz CT molecular complexity index is 975. The summed E-state index contributed by atoms with van der Waals surface area (Å²) in [5.74, 6) is 0.0624. The lowest BCUT2D eigenvalue weighted by atomic mass is 10.2. The van der Waals surface area contributed by atoms with E-state index >= 15 is 0 Å². The van der Waals surface area contributed by atoms with Crippen molar-refractivity contribution in [2.45, 2.75) is 19.4 Å². The third kappa shape index (κ3) is 5.19. The van der Waals surface area contributed by atoms with E-state index in [1.54, 1.807) is 6.07 Å². The highest BCUT2D eigenvalue weighted by Crippen LogP contribution is 2.20. The zero-order valence-corrected chi connectivity index (χ0v) is 17.4. The first-order valence-corrected chi connectivity index (χ1v) is 10.6. The van der Waals surface area contributed by atoms with E-state index in [-0.39, 0.29) is 12.5 Å². The van der Waals surface area contributed by atoms with E-state index in [0.717, 1.165) is 55.9 Å². The van der Waals surface area contributed by atoms with Gasteiger partial charge in [-0.1, -0.05) is 0 Å². The fraction of sp³-hybridized carbons (Fsp3) is 0.571. The first-order valence-electron chi connectivity index (χ1n) is 10.6. The number of anilines is 1. The van der Waals surface area contributed by atoms with Gasteiger partial charge < -0.3 is 14.5 Å². The average Bonchev–Trinajstić information content (AvgIpc) is 2.98. The lowest BCUT2D eigenvalue weighted by Gasteiger charge is -2.37. The number of alkyl halides is 2. The van der Waals surface area contributed by atoms with E-state index in [1.807, 2.05) is 17.0 Å². The molecule has 2 fully saturated rings. The highest BCUT2D eigenvalue weighted by atomic mass is 19.3. The molecule has 0 saturated carbocycles. The Kier molecular flexibility index (Phi) is 6.77. The largest absolute Gasteiger partial charge is 0.372 e. The molecule has 1 aromatic heterocycles. The lowest BCUT2D eigenvalue weighted by Crippen LogP contribution is -2.49. The van der Waals surface area contributed by atoms with Crippen molar-refractivity contribution in [3.63, 3.8) is 0 Å². The fourth-order valence-electron chi connectivity index (χ4n) is 4.08. The number of benzene rings is 1. The predicted octanol–water partition coefficient (Wildman–Crippen LogP) is 1.03. The molecule has 0 aliphatic carbocycles. The number of fused-ring (bicyclic) bond motifs is 1. The van der Waals surface area contributed by atoms with E-state index in [0.29, 0.717) is 24.1 Å². The molecule has 0 radical (unpaired) electrons. The molecular weight excluding hydrogens is 408 g/mol. The summed E-state index contributed by atoms with van der Waals surface area (Å²) in [6, 6.07) is 5.36. The lowest BCUT2D eigenvalue weighted by molar-refractivity contribution is -0.134. The topological polar surface area (TPSA) is 70.9 Å². The van der Waals surface area contributed by atoms with Crippen LogP contribution in [0, 0.1) is 0 Å². The predicted molar refractivity (Wildman–Crippen MR) is 113 cm³/mol. The van der Waals surface area contributed by atoms with Gasteiger partial charge in [0.25, 0.3) is 12.0 Å². The van der Waals surface area contributed by atoms with Gasteiger partial charge in [0.1, 0.15) is 6.61 Å². The van der Waals surface area contributed by atoms with Gasteiger partial charge in [-0.3, -0.25) is 19.1 Å². The summed E-state index contributed by atoms with van der Waals surface area (Å²) in [5.41, 5.74) is 1.03. The summed E-state index contributed by atoms with van der Waals surface area (Å²) in [5, 5.41) is 0.344. The standard InChI is InChI=1S/C21H27F2N5O3/c22-19(23)13-28-15-24-18-12-16(2-3-17(18)21(28)30)26-8-5-25(6-9-26)7-10-27-4-1-11-31-14-20(27)29/h2-3,12,15,19H,1,4-11,13-14H2. The van der Waals surface area contributed by atoms with Crippen LogP contribution in [0.5, 0.6) is 0 Å². The number of hydrogen-bond donors (Lipinski definition) is 0. The van der Waals surface area contributed by atoms with E-state index in [4.69, 9.17) is 4.74 Å². The Morgan fingerprint density at radius 1 is 1.06 bits per heavy atom. The highest BCUT2D eigenvalue weighted by molar-refractivity contribution is 5.81. The van der Waals surface area contributed by atoms with Crippen LogP contribution in [0.4, 0.5) is 14.5 Å². The van der Waals surface area contributed by atoms with Crippen LogP contribution in [0.3, 0.4) is 0 Å². The van der Waals surface area contributed by atoms with Gasteiger partial charge in [-0.05, 0) is 24.6 Å². The Hall–Kier alpha value is -2.59. The van der Waals surface area contributed by atoms with Crippen molar-refractivity contribution in [2.75, 3.05) is 63.9 Å². The van der Waals surface area contributed by atoms with Gasteiger partial charge in [-0.25, -0.2) is 13.8 Å². The minimum absolute atomic E-state index is 0.0624. The minimum atomic E-state index is -2.60. The number of ether oxygens (including phenoxy) is 1. The smallest absolute Gasteiger partial charge is 0.261 e. The maximum absolute atomic E-state index is 12.6. The SMILES string of the molecule is O=C1COCCCN1CCN1CCN(c2ccc3c(=O)n(CC(F)F)cnc3c2)CC1. The van der Waals surface area contributed by atoms with Gasteiger partial charge in [0.2, 0.25) is 5.91 Å². The number of aromatic nitrogens is 2. The Labute approximate surface area is 179 Å². The van der Waals surface area contributed by atoms with Gasteiger partial charge >= 0.3 is 0 Å². The third-order valence-corrected chi connectivity index (χ3v) is 5.86. The summed E-state index contributed by atoms with van der Waals surface area (Å²) in [6.07, 6.45) is -0.533. The molecule has 2 saturated heterocycles. The van der Waals surface area contributed by atoms with Crippen molar-refractivity contribution in [3.05, 3.63) is 34.9 Å². The zero-order chi connectivity index (χ0) is 21.8. The highest BCUT2D eigenvalue weighted by Gasteiger charge is 2.21. The monoisotopic (exact) mass is 435 g/mol. The Morgan fingerprint density at radius 3 is 2.65 bits per heavy atom. The van der Waals surface area contributed by atoms with Crippen molar-refractivity contribution in [3.8, 4) is 0 Å². The molecule has 8 nitrogen and oxygen atoms in total. The number of carbonyl (C=O) groups is 1. The molecule has 1 aromatic carbocycles. The van der Waals surface area contributed by atoms with Crippen molar-refractivity contribution < 1.29 is 18.3 Å². The molecule has 3 heterocycles. The van der Waals surface area contributed by atoms with Crippen molar-refractivity contribution in [2.24, 2.45) is 0 Å². The van der Waals surface area contributed by atoms with Gasteiger partial charge in [-0.2, -0.15) is 0 Å². The van der Waals surface area contributed by atoms with Crippen LogP contribution in [0.2, 0.25) is 0 Å². The second kappa shape index (κ2) is 9.69. The molecule has 0 N–H and O–H groups in total. The van der Waals surface area contributed by atoms with Crippen molar-refractivity contribution in [1.29, 1.82) is 0 Å². The van der Waals surface area contributed by atoms with Crippen molar-refractivity contribution in [1.82, 2.24) is 19.4 Å². The van der Waals surface area contributed by atoms with Crippen LogP contribution in [0.25, 0.3) is 10.9 Å². The molecule has 0 bridgehead atoms. The third-order valence-electron chi connectivity index (χ3n) is 5.86. The summed E-state index contributed by atoms with van der Waals surface area (Å²) >= 11 is 0. The Morgan fingerprint density at radius 2 is 1.87 bits per heavy atom. The van der Waals surface area contributed by atoms with E-state index < -0.39 is 18.5 Å². The molecule has 168 valence electrons. The molecule has 10 heteroatoms. The number of amides is 1. The number of piperazine rings is 1. The normalized spacial score (nSPS) is 18.7. The summed E-state index contributed by atoms with van der Waals surface area (Å²) in [7, 11) is 0. The molecule has 2 aliphatic heterocycles. The number of halogens is 2. The first-order chi connectivity index (χ1) is 15.0. The fourth-order valence-corrected chi connectivity index (χ4v) is 4.08. The minimum Gasteiger partial charge on any atom is -0.372 e. The number of rotatable bonds is 6. The zero-order valence-electron chi connectivity index (χ0n) is 17.4. The van der Waals surface area contributed by atoms with E-state index in [9.17, 15) is 18.4 Å². The number of carbonyl (C=O) groups excluding carboxylic acids is 1. The number of nitrogens with zero attached hydrogens (tertiary/aromatic N) is 5. The van der Waals surface area contributed by atoms with Crippen LogP contribution in [-0.2, 0) is 16.1 Å². The second-order valence-corrected chi connectivity index (χ2v) is 7.91. The molecule has 0 spiro atoms. The molecule has 2 aromatic rings. The summed E-state index contributed by atoms with van der Waals surface area (Å²) in [6.45, 7) is 5.87. The van der Waals surface area contributed by atoms with Crippen LogP contribution >= 0.6 is 0 Å². The van der Waals surface area contributed by atoms with Gasteiger partial charge in [-0.15, -0.1) is 0 Å². The maximum atomic E-state index is 12.6. The van der Waals surface area contributed by atoms with Crippen molar-refractivity contribution >= 4 is 22.5 Å². The summed E-state index contributed by atoms with van der Waals surface area (Å²) in [4.78, 5) is 35.1. The second-order valence-electron chi connectivity index (χ2n) is 7.91. The van der Waals surface area contributed by atoms with Crippen LogP contribution in [0.1, 0.15) is 6.42 Å². The quantitative estimate of drug-likeness (QED) is 0.675. The maximum Gasteiger partial charge on any atom is 0.261 e. The first kappa shape index (κ1) is 21.6. The molecule has 2 aliphatic rings. The van der Waals surface area contributed by atoms with Gasteiger partial charge in [0.05, 0.1) is 23.8 Å². The van der Waals surface area contributed by atoms with Crippen LogP contribution in [-0.4, -0.2) is 90.7 Å². The summed E-state index contributed by atoms with van der Waals surface area (Å²) < 4.78 is 31.5. The molecule has 0 atom stereocenters. The van der Waals surface area contributed by atoms with E-state index in [2.05, 4.69) is 14.8 Å². The number of hydrogen-bond acceptors (Lipinski definition) is 6. The molecule has 31 heavy (non-hydrogen) atoms. The van der Waals surface area contributed by atoms with E-state index in [1.165, 1.54) is 6.33 Å².